The predicted octanol–water partition coefficient (Wildman–Crippen LogP) is 5.74. The number of carbonyl (C=O) groups is 1. The van der Waals surface area contributed by atoms with Crippen molar-refractivity contribution in [1.29, 1.82) is 0 Å². The van der Waals surface area contributed by atoms with Crippen LogP contribution in [0.3, 0.4) is 0 Å². The molecule has 1 unspecified atom stereocenters. The van der Waals surface area contributed by atoms with Gasteiger partial charge in [-0.2, -0.15) is 0 Å². The summed E-state index contributed by atoms with van der Waals surface area (Å²) in [7, 11) is 0. The summed E-state index contributed by atoms with van der Waals surface area (Å²) in [5, 5.41) is 18.3. The highest BCUT2D eigenvalue weighted by molar-refractivity contribution is 5.80. The molecule has 0 saturated carbocycles. The Bertz CT molecular complexity index is 456. The Balaban J connectivity index is 3.62. The number of rotatable bonds is 15. The number of hydrogen-bond acceptors (Lipinski definition) is 2. The molecule has 0 fully saturated rings. The van der Waals surface area contributed by atoms with Crippen molar-refractivity contribution in [1.82, 2.24) is 0 Å². The molecule has 0 heterocycles. The summed E-state index contributed by atoms with van der Waals surface area (Å²) in [6.07, 6.45) is 27.7. The standard InChI is InChI=1S/C22H34O3/c1-2-3-4-5-12-15-18-21(23)19-16-13-10-8-6-7-9-11-14-17-20-22(24)25/h6-11,13-14,17,20-21,23H,2-5,12,15-16,18-19H2,1H3,(H,24,25)/b8-6+,9-7+,13-10+,14-11+,20-17+. The minimum absolute atomic E-state index is 0.177. The Hall–Kier alpha value is -1.87. The second kappa shape index (κ2) is 18.5. The third kappa shape index (κ3) is 20.1. The van der Waals surface area contributed by atoms with Crippen LogP contribution in [0, 0.1) is 0 Å². The summed E-state index contributed by atoms with van der Waals surface area (Å²) in [6.45, 7) is 2.22. The zero-order valence-corrected chi connectivity index (χ0v) is 15.5. The molecule has 0 bridgehead atoms. The molecule has 0 radical (unpaired) electrons. The van der Waals surface area contributed by atoms with E-state index in [2.05, 4.69) is 13.0 Å². The van der Waals surface area contributed by atoms with Crippen molar-refractivity contribution in [3.8, 4) is 0 Å². The number of hydrogen-bond donors (Lipinski definition) is 2. The first kappa shape index (κ1) is 23.1. The smallest absolute Gasteiger partial charge is 0.328 e. The lowest BCUT2D eigenvalue weighted by Crippen LogP contribution is -2.05. The maximum Gasteiger partial charge on any atom is 0.328 e. The molecular weight excluding hydrogens is 312 g/mol. The fourth-order valence-electron chi connectivity index (χ4n) is 2.29. The largest absolute Gasteiger partial charge is 0.478 e. The van der Waals surface area contributed by atoms with Crippen molar-refractivity contribution in [2.24, 2.45) is 0 Å². The highest BCUT2D eigenvalue weighted by atomic mass is 16.4. The number of aliphatic hydroxyl groups excluding tert-OH is 1. The fourth-order valence-corrected chi connectivity index (χ4v) is 2.29. The Morgan fingerprint density at radius 1 is 0.800 bits per heavy atom. The molecule has 0 aliphatic heterocycles. The molecule has 0 saturated heterocycles. The molecule has 0 spiro atoms. The number of allylic oxidation sites excluding steroid dienone is 9. The van der Waals surface area contributed by atoms with Crippen LogP contribution in [0.4, 0.5) is 0 Å². The molecule has 0 aliphatic carbocycles. The van der Waals surface area contributed by atoms with Gasteiger partial charge in [0.25, 0.3) is 0 Å². The van der Waals surface area contributed by atoms with E-state index in [1.54, 1.807) is 12.2 Å². The number of carboxylic acid groups (broad SMARTS) is 1. The molecule has 0 aromatic rings. The van der Waals surface area contributed by atoms with Crippen LogP contribution in [-0.4, -0.2) is 22.3 Å². The van der Waals surface area contributed by atoms with E-state index >= 15 is 0 Å². The highest BCUT2D eigenvalue weighted by Gasteiger charge is 2.01. The molecule has 1 atom stereocenters. The molecular formula is C22H34O3. The summed E-state index contributed by atoms with van der Waals surface area (Å²) in [6, 6.07) is 0. The van der Waals surface area contributed by atoms with Gasteiger partial charge in [-0.1, -0.05) is 100 Å². The summed E-state index contributed by atoms with van der Waals surface area (Å²) in [5.41, 5.74) is 0. The summed E-state index contributed by atoms with van der Waals surface area (Å²) >= 11 is 0. The van der Waals surface area contributed by atoms with Crippen molar-refractivity contribution < 1.29 is 15.0 Å². The Labute approximate surface area is 153 Å². The lowest BCUT2D eigenvalue weighted by atomic mass is 10.0. The number of aliphatic carboxylic acids is 1. The maximum atomic E-state index is 10.2. The quantitative estimate of drug-likeness (QED) is 0.226. The Kier molecular flexibility index (Phi) is 17.1. The molecule has 0 rings (SSSR count). The van der Waals surface area contributed by atoms with Crippen molar-refractivity contribution >= 4 is 5.97 Å². The van der Waals surface area contributed by atoms with Crippen LogP contribution in [0.1, 0.15) is 64.7 Å². The Morgan fingerprint density at radius 3 is 2.00 bits per heavy atom. The number of aliphatic hydroxyl groups is 1. The molecule has 3 heteroatoms. The van der Waals surface area contributed by atoms with Gasteiger partial charge in [-0.25, -0.2) is 4.79 Å². The van der Waals surface area contributed by atoms with Gasteiger partial charge in [0.2, 0.25) is 0 Å². The lowest BCUT2D eigenvalue weighted by Gasteiger charge is -2.08. The maximum absolute atomic E-state index is 10.2. The first-order valence-corrected chi connectivity index (χ1v) is 9.41. The summed E-state index contributed by atoms with van der Waals surface area (Å²) < 4.78 is 0. The van der Waals surface area contributed by atoms with Crippen molar-refractivity contribution in [3.05, 3.63) is 60.8 Å². The monoisotopic (exact) mass is 346 g/mol. The minimum Gasteiger partial charge on any atom is -0.478 e. The third-order valence-corrected chi connectivity index (χ3v) is 3.71. The molecule has 3 nitrogen and oxygen atoms in total. The van der Waals surface area contributed by atoms with Gasteiger partial charge in [0.1, 0.15) is 0 Å². The number of carboxylic acids is 1. The SMILES string of the molecule is CCCCCCCCC(O)CC/C=C/C=C/C=C/C=C/C=C/C(=O)O. The van der Waals surface area contributed by atoms with Gasteiger partial charge < -0.3 is 10.2 Å². The second-order valence-electron chi connectivity index (χ2n) is 6.07. The van der Waals surface area contributed by atoms with Crippen LogP contribution in [0.5, 0.6) is 0 Å². The van der Waals surface area contributed by atoms with Crippen LogP contribution >= 0.6 is 0 Å². The fraction of sp³-hybridized carbons (Fsp3) is 0.500. The topological polar surface area (TPSA) is 57.5 Å². The lowest BCUT2D eigenvalue weighted by molar-refractivity contribution is -0.131. The highest BCUT2D eigenvalue weighted by Crippen LogP contribution is 2.11. The zero-order chi connectivity index (χ0) is 18.6. The molecule has 0 aliphatic rings. The molecule has 2 N–H and O–H groups in total. The van der Waals surface area contributed by atoms with Gasteiger partial charge in [0.05, 0.1) is 6.10 Å². The van der Waals surface area contributed by atoms with Gasteiger partial charge in [-0.15, -0.1) is 0 Å². The van der Waals surface area contributed by atoms with Crippen molar-refractivity contribution in [3.63, 3.8) is 0 Å². The van der Waals surface area contributed by atoms with E-state index in [0.717, 1.165) is 31.8 Å². The van der Waals surface area contributed by atoms with Crippen LogP contribution in [0.25, 0.3) is 0 Å². The average Bonchev–Trinajstić information content (AvgIpc) is 2.58. The number of unbranched alkanes of at least 4 members (excludes halogenated alkanes) is 5. The van der Waals surface area contributed by atoms with E-state index in [1.165, 1.54) is 38.2 Å². The molecule has 0 aromatic heterocycles. The van der Waals surface area contributed by atoms with E-state index in [1.807, 2.05) is 30.4 Å². The van der Waals surface area contributed by atoms with E-state index in [-0.39, 0.29) is 6.10 Å². The first-order chi connectivity index (χ1) is 12.2. The predicted molar refractivity (Wildman–Crippen MR) is 107 cm³/mol. The van der Waals surface area contributed by atoms with Gasteiger partial charge in [0, 0.05) is 6.08 Å². The van der Waals surface area contributed by atoms with Gasteiger partial charge >= 0.3 is 5.97 Å². The first-order valence-electron chi connectivity index (χ1n) is 9.41. The van der Waals surface area contributed by atoms with Gasteiger partial charge in [-0.3, -0.25) is 0 Å². The Morgan fingerprint density at radius 2 is 1.36 bits per heavy atom. The average molecular weight is 347 g/mol. The van der Waals surface area contributed by atoms with E-state index in [0.29, 0.717) is 0 Å². The molecule has 25 heavy (non-hydrogen) atoms. The third-order valence-electron chi connectivity index (χ3n) is 3.71. The molecule has 140 valence electrons. The second-order valence-corrected chi connectivity index (χ2v) is 6.07. The van der Waals surface area contributed by atoms with Crippen molar-refractivity contribution in [2.45, 2.75) is 70.8 Å². The van der Waals surface area contributed by atoms with E-state index in [9.17, 15) is 9.90 Å². The van der Waals surface area contributed by atoms with Crippen LogP contribution in [-0.2, 0) is 4.79 Å². The summed E-state index contributed by atoms with van der Waals surface area (Å²) in [5.74, 6) is -0.948. The van der Waals surface area contributed by atoms with Crippen LogP contribution in [0.15, 0.2) is 60.8 Å². The van der Waals surface area contributed by atoms with Gasteiger partial charge in [0.15, 0.2) is 0 Å². The van der Waals surface area contributed by atoms with E-state index < -0.39 is 5.97 Å². The van der Waals surface area contributed by atoms with Gasteiger partial charge in [-0.05, 0) is 19.3 Å². The molecule has 0 aromatic carbocycles. The van der Waals surface area contributed by atoms with E-state index in [4.69, 9.17) is 5.11 Å². The zero-order valence-electron chi connectivity index (χ0n) is 15.5. The van der Waals surface area contributed by atoms with Crippen molar-refractivity contribution in [2.75, 3.05) is 0 Å². The minimum atomic E-state index is -0.948. The summed E-state index contributed by atoms with van der Waals surface area (Å²) in [4.78, 5) is 10.2. The normalized spacial score (nSPS) is 14.0. The molecule has 0 amide bonds. The van der Waals surface area contributed by atoms with Crippen LogP contribution in [0.2, 0.25) is 0 Å². The van der Waals surface area contributed by atoms with Crippen LogP contribution < -0.4 is 0 Å².